The van der Waals surface area contributed by atoms with Gasteiger partial charge in [0.05, 0.1) is 11.8 Å². The average molecular weight is 537 g/mol. The number of carbonyl (C=O) groups excluding carboxylic acids is 4. The second kappa shape index (κ2) is 15.4. The molecule has 0 saturated carbocycles. The lowest BCUT2D eigenvalue weighted by molar-refractivity contribution is -0.124. The quantitative estimate of drug-likeness (QED) is 0.190. The van der Waals surface area contributed by atoms with Gasteiger partial charge in [0.1, 0.15) is 17.1 Å². The number of amides is 2. The van der Waals surface area contributed by atoms with Crippen LogP contribution in [-0.2, 0) is 19.2 Å². The second-order valence-corrected chi connectivity index (χ2v) is 9.56. The summed E-state index contributed by atoms with van der Waals surface area (Å²) in [5.41, 5.74) is -2.12. The fraction of sp³-hybridized carbons (Fsp3) is 0.333. The lowest BCUT2D eigenvalue weighted by Gasteiger charge is -2.31. The van der Waals surface area contributed by atoms with E-state index in [-0.39, 0.29) is 42.2 Å². The average Bonchev–Trinajstić information content (AvgIpc) is 3.18. The molecule has 9 nitrogen and oxygen atoms in total. The van der Waals surface area contributed by atoms with Gasteiger partial charge in [-0.3, -0.25) is 19.2 Å². The van der Waals surface area contributed by atoms with Crippen molar-refractivity contribution in [1.29, 1.82) is 0 Å². The number of nitrogens with one attached hydrogen (secondary N) is 2. The Morgan fingerprint density at radius 1 is 0.949 bits per heavy atom. The Morgan fingerprint density at radius 2 is 1.56 bits per heavy atom. The molecule has 0 saturated heterocycles. The van der Waals surface area contributed by atoms with Crippen LogP contribution in [0.25, 0.3) is 0 Å². The molecule has 0 aliphatic heterocycles. The van der Waals surface area contributed by atoms with Crippen LogP contribution >= 0.6 is 0 Å². The van der Waals surface area contributed by atoms with Crippen LogP contribution in [0.4, 0.5) is 0 Å². The standard InChI is InChI=1S/C30H36N2O7/c1-21(2)13-9-5-3-4-6-10-14-27(37)31-22-20-30(39,26(36)19-25(22)35)18-12-8-7-11-15-28(38)32-29-23(33)16-17-24(29)34/h3-8,10-12,14-15,18,20-21,26,33,36,39H,9,13,16-17,19H2,1-2H3,(H,31,37)(H,32,38). The molecule has 2 atom stereocenters. The highest BCUT2D eigenvalue weighted by Gasteiger charge is 2.38. The van der Waals surface area contributed by atoms with E-state index in [1.807, 2.05) is 12.2 Å². The molecule has 0 spiro atoms. The highest BCUT2D eigenvalue weighted by atomic mass is 16.3. The summed E-state index contributed by atoms with van der Waals surface area (Å²) in [6, 6.07) is 0. The van der Waals surface area contributed by atoms with E-state index in [9.17, 15) is 34.5 Å². The fourth-order valence-electron chi connectivity index (χ4n) is 3.60. The molecular formula is C30H36N2O7. The topological polar surface area (TPSA) is 153 Å². The normalized spacial score (nSPS) is 22.7. The molecule has 2 amide bonds. The minimum Gasteiger partial charge on any atom is -0.510 e. The van der Waals surface area contributed by atoms with Crippen LogP contribution in [0, 0.1) is 5.92 Å². The molecule has 0 bridgehead atoms. The number of ketones is 2. The third-order valence-electron chi connectivity index (χ3n) is 5.82. The first-order valence-corrected chi connectivity index (χ1v) is 12.8. The first-order chi connectivity index (χ1) is 18.5. The maximum Gasteiger partial charge on any atom is 0.248 e. The van der Waals surface area contributed by atoms with E-state index in [0.717, 1.165) is 25.0 Å². The maximum absolute atomic E-state index is 12.3. The van der Waals surface area contributed by atoms with Crippen molar-refractivity contribution in [2.24, 2.45) is 5.92 Å². The Labute approximate surface area is 228 Å². The van der Waals surface area contributed by atoms with Crippen molar-refractivity contribution in [2.75, 3.05) is 0 Å². The van der Waals surface area contributed by atoms with Gasteiger partial charge in [-0.2, -0.15) is 0 Å². The van der Waals surface area contributed by atoms with Gasteiger partial charge in [-0.1, -0.05) is 68.5 Å². The Kier molecular flexibility index (Phi) is 12.3. The number of aliphatic hydroxyl groups excluding tert-OH is 2. The molecular weight excluding hydrogens is 500 g/mol. The fourth-order valence-corrected chi connectivity index (χ4v) is 3.60. The summed E-state index contributed by atoms with van der Waals surface area (Å²) in [5.74, 6) is -1.50. The highest BCUT2D eigenvalue weighted by Crippen LogP contribution is 2.25. The molecule has 39 heavy (non-hydrogen) atoms. The number of Topliss-reactive ketones (excluding diaryl/α,β-unsaturated/α-hetero) is 2. The minimum atomic E-state index is -1.90. The van der Waals surface area contributed by atoms with Crippen molar-refractivity contribution >= 4 is 23.4 Å². The smallest absolute Gasteiger partial charge is 0.248 e. The summed E-state index contributed by atoms with van der Waals surface area (Å²) in [5, 5.41) is 35.4. The van der Waals surface area contributed by atoms with Gasteiger partial charge in [-0.25, -0.2) is 0 Å². The summed E-state index contributed by atoms with van der Waals surface area (Å²) in [4.78, 5) is 47.9. The number of hydrogen-bond acceptors (Lipinski definition) is 7. The number of rotatable bonds is 12. The highest BCUT2D eigenvalue weighted by molar-refractivity contribution is 6.03. The summed E-state index contributed by atoms with van der Waals surface area (Å²) < 4.78 is 0. The Morgan fingerprint density at radius 3 is 2.18 bits per heavy atom. The largest absolute Gasteiger partial charge is 0.510 e. The van der Waals surface area contributed by atoms with Crippen LogP contribution < -0.4 is 10.6 Å². The molecule has 0 aromatic rings. The number of aliphatic hydroxyl groups is 3. The summed E-state index contributed by atoms with van der Waals surface area (Å²) in [6.45, 7) is 4.32. The third-order valence-corrected chi connectivity index (χ3v) is 5.82. The third kappa shape index (κ3) is 10.7. The SMILES string of the molecule is CC(C)CCC=CC=CC=CC(=O)NC1=CC(O)(C=CC=CC=CC(=O)NC2=C(O)CCC2=O)C(O)CC1=O. The lowest BCUT2D eigenvalue weighted by atomic mass is 9.85. The number of carbonyl (C=O) groups is 4. The minimum absolute atomic E-state index is 0.0945. The molecule has 0 fully saturated rings. The van der Waals surface area contributed by atoms with Gasteiger partial charge in [-0.05, 0) is 30.9 Å². The van der Waals surface area contributed by atoms with Crippen molar-refractivity contribution in [3.05, 3.63) is 96.1 Å². The van der Waals surface area contributed by atoms with Crippen molar-refractivity contribution in [1.82, 2.24) is 10.6 Å². The van der Waals surface area contributed by atoms with E-state index in [1.165, 1.54) is 42.5 Å². The molecule has 9 heteroatoms. The van der Waals surface area contributed by atoms with Crippen LogP contribution in [0.15, 0.2) is 96.1 Å². The van der Waals surface area contributed by atoms with Crippen molar-refractivity contribution in [3.63, 3.8) is 0 Å². The molecule has 0 radical (unpaired) electrons. The molecule has 0 aromatic heterocycles. The molecule has 0 aromatic carbocycles. The second-order valence-electron chi connectivity index (χ2n) is 9.56. The van der Waals surface area contributed by atoms with Gasteiger partial charge in [0, 0.05) is 31.4 Å². The van der Waals surface area contributed by atoms with E-state index in [1.54, 1.807) is 12.2 Å². The van der Waals surface area contributed by atoms with Crippen molar-refractivity contribution in [3.8, 4) is 0 Å². The van der Waals surface area contributed by atoms with Crippen LogP contribution in [0.1, 0.15) is 46.0 Å². The predicted octanol–water partition coefficient (Wildman–Crippen LogP) is 3.07. The van der Waals surface area contributed by atoms with E-state index < -0.39 is 29.3 Å². The van der Waals surface area contributed by atoms with Gasteiger partial charge >= 0.3 is 0 Å². The van der Waals surface area contributed by atoms with E-state index in [4.69, 9.17) is 0 Å². The monoisotopic (exact) mass is 536 g/mol. The van der Waals surface area contributed by atoms with E-state index in [0.29, 0.717) is 5.92 Å². The van der Waals surface area contributed by atoms with Gasteiger partial charge in [0.2, 0.25) is 11.8 Å². The lowest BCUT2D eigenvalue weighted by Crippen LogP contribution is -2.46. The zero-order chi connectivity index (χ0) is 28.8. The summed E-state index contributed by atoms with van der Waals surface area (Å²) in [7, 11) is 0. The van der Waals surface area contributed by atoms with Crippen LogP contribution in [0.2, 0.25) is 0 Å². The maximum atomic E-state index is 12.3. The van der Waals surface area contributed by atoms with Gasteiger partial charge in [-0.15, -0.1) is 0 Å². The molecule has 2 rings (SSSR count). The Bertz CT molecular complexity index is 1180. The molecule has 2 aliphatic carbocycles. The van der Waals surface area contributed by atoms with Gasteiger partial charge in [0.25, 0.3) is 0 Å². The van der Waals surface area contributed by atoms with E-state index >= 15 is 0 Å². The molecule has 2 unspecified atom stereocenters. The van der Waals surface area contributed by atoms with Crippen molar-refractivity contribution < 1.29 is 34.5 Å². The Balaban J connectivity index is 1.92. The Hall–Kier alpha value is -4.08. The van der Waals surface area contributed by atoms with Crippen LogP contribution in [0.3, 0.4) is 0 Å². The zero-order valence-electron chi connectivity index (χ0n) is 22.2. The van der Waals surface area contributed by atoms with Gasteiger partial charge in [0.15, 0.2) is 11.6 Å². The van der Waals surface area contributed by atoms with Crippen LogP contribution in [0.5, 0.6) is 0 Å². The predicted molar refractivity (Wildman–Crippen MR) is 148 cm³/mol. The molecule has 2 aliphatic rings. The summed E-state index contributed by atoms with van der Waals surface area (Å²) in [6.07, 6.45) is 20.1. The molecule has 208 valence electrons. The first kappa shape index (κ1) is 31.1. The van der Waals surface area contributed by atoms with Gasteiger partial charge < -0.3 is 26.0 Å². The number of hydrogen-bond donors (Lipinski definition) is 5. The molecule has 0 heterocycles. The zero-order valence-corrected chi connectivity index (χ0v) is 22.2. The first-order valence-electron chi connectivity index (χ1n) is 12.8. The van der Waals surface area contributed by atoms with Crippen LogP contribution in [-0.4, -0.2) is 50.4 Å². The van der Waals surface area contributed by atoms with E-state index in [2.05, 4.69) is 24.5 Å². The summed E-state index contributed by atoms with van der Waals surface area (Å²) >= 11 is 0. The number of allylic oxidation sites excluding steroid dienone is 12. The van der Waals surface area contributed by atoms with Crippen molar-refractivity contribution in [2.45, 2.75) is 57.7 Å². The molecule has 5 N–H and O–H groups in total.